The van der Waals surface area contributed by atoms with Gasteiger partial charge in [0.25, 0.3) is 5.91 Å². The number of rotatable bonds is 6. The van der Waals surface area contributed by atoms with Crippen molar-refractivity contribution in [1.29, 1.82) is 0 Å². The third kappa shape index (κ3) is 4.25. The highest BCUT2D eigenvalue weighted by Gasteiger charge is 2.55. The summed E-state index contributed by atoms with van der Waals surface area (Å²) in [5.74, 6) is -0.720. The number of imide groups is 1. The topological polar surface area (TPSA) is 126 Å². The first-order chi connectivity index (χ1) is 16.2. The Morgan fingerprint density at radius 3 is 2.47 bits per heavy atom. The molecule has 2 heterocycles. The van der Waals surface area contributed by atoms with E-state index in [9.17, 15) is 22.8 Å². The number of urea groups is 1. The lowest BCUT2D eigenvalue weighted by molar-refractivity contribution is -0.136. The molecule has 4 amide bonds. The van der Waals surface area contributed by atoms with Crippen LogP contribution in [0.15, 0.2) is 23.1 Å². The molecule has 0 bridgehead atoms. The second-order valence-electron chi connectivity index (χ2n) is 8.75. The molecule has 1 spiro atoms. The Bertz CT molecular complexity index is 1080. The number of nitrogens with zero attached hydrogens (tertiary/aromatic N) is 3. The van der Waals surface area contributed by atoms with Crippen molar-refractivity contribution in [2.75, 3.05) is 52.3 Å². The van der Waals surface area contributed by atoms with Crippen LogP contribution >= 0.6 is 0 Å². The number of hydrogen-bond donors (Lipinski definition) is 1. The van der Waals surface area contributed by atoms with Crippen molar-refractivity contribution in [2.24, 2.45) is 0 Å². The molecule has 0 unspecified atom stereocenters. The summed E-state index contributed by atoms with van der Waals surface area (Å²) in [6, 6.07) is 3.69. The Hall–Kier alpha value is -2.70. The first-order valence-corrected chi connectivity index (χ1v) is 12.8. The van der Waals surface area contributed by atoms with Gasteiger partial charge in [-0.1, -0.05) is 19.3 Å². The van der Waals surface area contributed by atoms with Gasteiger partial charge in [-0.25, -0.2) is 13.2 Å². The summed E-state index contributed by atoms with van der Waals surface area (Å²) in [6.07, 6.45) is 3.89. The number of hydrogen-bond acceptors (Lipinski definition) is 7. The van der Waals surface area contributed by atoms with Crippen LogP contribution in [-0.2, 0) is 24.3 Å². The molecule has 0 radical (unpaired) electrons. The Balaban J connectivity index is 1.52. The summed E-state index contributed by atoms with van der Waals surface area (Å²) in [5, 5.41) is 2.61. The van der Waals surface area contributed by atoms with Crippen LogP contribution in [0.1, 0.15) is 32.1 Å². The van der Waals surface area contributed by atoms with Crippen LogP contribution < -0.4 is 10.1 Å². The van der Waals surface area contributed by atoms with Crippen molar-refractivity contribution < 1.29 is 32.3 Å². The van der Waals surface area contributed by atoms with Crippen molar-refractivity contribution >= 4 is 33.6 Å². The second-order valence-corrected chi connectivity index (χ2v) is 10.7. The van der Waals surface area contributed by atoms with Gasteiger partial charge >= 0.3 is 6.03 Å². The third-order valence-electron chi connectivity index (χ3n) is 6.84. The number of likely N-dealkylation sites (N-methyl/N-ethyl adjacent to an activating group) is 1. The molecule has 4 rings (SSSR count). The lowest BCUT2D eigenvalue weighted by Crippen LogP contribution is -2.49. The lowest BCUT2D eigenvalue weighted by atomic mass is 9.81. The zero-order valence-corrected chi connectivity index (χ0v) is 20.2. The maximum absolute atomic E-state index is 13.1. The molecule has 1 aromatic carbocycles. The van der Waals surface area contributed by atoms with E-state index in [0.29, 0.717) is 26.1 Å². The highest BCUT2D eigenvalue weighted by molar-refractivity contribution is 7.89. The number of nitrogens with one attached hydrogen (secondary N) is 1. The molecule has 2 aliphatic heterocycles. The minimum Gasteiger partial charge on any atom is -0.495 e. The van der Waals surface area contributed by atoms with Crippen molar-refractivity contribution in [3.05, 3.63) is 18.2 Å². The van der Waals surface area contributed by atoms with Crippen LogP contribution in [0.4, 0.5) is 10.5 Å². The first-order valence-electron chi connectivity index (χ1n) is 11.4. The number of benzene rings is 1. The van der Waals surface area contributed by atoms with Gasteiger partial charge in [-0.2, -0.15) is 4.31 Å². The molecule has 186 valence electrons. The van der Waals surface area contributed by atoms with Crippen molar-refractivity contribution in [3.63, 3.8) is 0 Å². The molecule has 34 heavy (non-hydrogen) atoms. The quantitative estimate of drug-likeness (QED) is 0.590. The normalized spacial score (nSPS) is 21.2. The zero-order valence-electron chi connectivity index (χ0n) is 19.4. The van der Waals surface area contributed by atoms with E-state index in [1.165, 1.54) is 34.5 Å². The molecular weight excluding hydrogens is 464 g/mol. The first kappa shape index (κ1) is 24.4. The van der Waals surface area contributed by atoms with Crippen molar-refractivity contribution in [1.82, 2.24) is 14.1 Å². The Labute approximate surface area is 199 Å². The minimum atomic E-state index is -3.79. The smallest absolute Gasteiger partial charge is 0.327 e. The van der Waals surface area contributed by atoms with Gasteiger partial charge < -0.3 is 19.7 Å². The summed E-state index contributed by atoms with van der Waals surface area (Å²) in [6.45, 7) is 0.641. The van der Waals surface area contributed by atoms with E-state index >= 15 is 0 Å². The lowest BCUT2D eigenvalue weighted by Gasteiger charge is -2.35. The second kappa shape index (κ2) is 9.51. The molecule has 0 atom stereocenters. The van der Waals surface area contributed by atoms with Gasteiger partial charge in [0.1, 0.15) is 17.8 Å². The number of sulfonamides is 1. The van der Waals surface area contributed by atoms with E-state index in [0.717, 1.165) is 24.2 Å². The minimum absolute atomic E-state index is 0.000262. The molecule has 3 aliphatic rings. The predicted octanol–water partition coefficient (Wildman–Crippen LogP) is 1.25. The maximum atomic E-state index is 13.1. The van der Waals surface area contributed by atoms with Crippen LogP contribution in [-0.4, -0.2) is 92.9 Å². The van der Waals surface area contributed by atoms with Crippen molar-refractivity contribution in [3.8, 4) is 5.75 Å². The summed E-state index contributed by atoms with van der Waals surface area (Å²) >= 11 is 0. The van der Waals surface area contributed by atoms with E-state index in [4.69, 9.17) is 9.47 Å². The van der Waals surface area contributed by atoms with E-state index in [2.05, 4.69) is 5.32 Å². The average molecular weight is 495 g/mol. The summed E-state index contributed by atoms with van der Waals surface area (Å²) < 4.78 is 37.9. The number of carbonyl (C=O) groups excluding carboxylic acids is 3. The number of anilines is 1. The van der Waals surface area contributed by atoms with Crippen LogP contribution in [0.3, 0.4) is 0 Å². The Morgan fingerprint density at radius 1 is 1.15 bits per heavy atom. The fourth-order valence-electron chi connectivity index (χ4n) is 4.89. The van der Waals surface area contributed by atoms with Crippen LogP contribution in [0.2, 0.25) is 0 Å². The molecular formula is C22H30N4O7S. The van der Waals surface area contributed by atoms with Gasteiger partial charge in [0.05, 0.1) is 30.9 Å². The van der Waals surface area contributed by atoms with Crippen molar-refractivity contribution in [2.45, 2.75) is 42.5 Å². The SMILES string of the molecule is COc1ccc(S(=O)(=O)N2CCOCC2)cc1NC(=O)CN1C(=O)N(C)C2(CCCCC2)C1=O. The molecule has 11 nitrogen and oxygen atoms in total. The highest BCUT2D eigenvalue weighted by Crippen LogP contribution is 2.39. The number of carbonyl (C=O) groups is 3. The fourth-order valence-corrected chi connectivity index (χ4v) is 6.32. The number of ether oxygens (including phenoxy) is 2. The maximum Gasteiger partial charge on any atom is 0.327 e. The summed E-state index contributed by atoms with van der Waals surface area (Å²) in [5.41, 5.74) is -0.735. The van der Waals surface area contributed by atoms with Gasteiger partial charge in [0.15, 0.2) is 0 Å². The van der Waals surface area contributed by atoms with E-state index in [1.807, 2.05) is 0 Å². The van der Waals surface area contributed by atoms with E-state index in [1.54, 1.807) is 7.05 Å². The summed E-state index contributed by atoms with van der Waals surface area (Å²) in [7, 11) is -0.787. The largest absolute Gasteiger partial charge is 0.495 e. The van der Waals surface area contributed by atoms with Gasteiger partial charge in [0.2, 0.25) is 15.9 Å². The average Bonchev–Trinajstić information content (AvgIpc) is 3.01. The monoisotopic (exact) mass is 494 g/mol. The van der Waals surface area contributed by atoms with Gasteiger partial charge in [-0.15, -0.1) is 0 Å². The number of methoxy groups -OCH3 is 1. The molecule has 12 heteroatoms. The van der Waals surface area contributed by atoms with Crippen LogP contribution in [0, 0.1) is 0 Å². The molecule has 1 aromatic rings. The van der Waals surface area contributed by atoms with E-state index in [-0.39, 0.29) is 35.3 Å². The molecule has 0 aromatic heterocycles. The van der Waals surface area contributed by atoms with Gasteiger partial charge in [-0.3, -0.25) is 14.5 Å². The number of morpholine rings is 1. The highest BCUT2D eigenvalue weighted by atomic mass is 32.2. The van der Waals surface area contributed by atoms with Gasteiger partial charge in [0, 0.05) is 20.1 Å². The Kier molecular flexibility index (Phi) is 6.83. The predicted molar refractivity (Wildman–Crippen MR) is 122 cm³/mol. The van der Waals surface area contributed by atoms with Crippen LogP contribution in [0.25, 0.3) is 0 Å². The summed E-state index contributed by atoms with van der Waals surface area (Å²) in [4.78, 5) is 41.2. The van der Waals surface area contributed by atoms with E-state index < -0.39 is 34.0 Å². The fraction of sp³-hybridized carbons (Fsp3) is 0.591. The third-order valence-corrected chi connectivity index (χ3v) is 8.73. The Morgan fingerprint density at radius 2 is 1.82 bits per heavy atom. The standard InChI is InChI=1S/C22H30N4O7S/c1-24-21(29)26(20(28)22(24)8-4-3-5-9-22)15-19(27)23-17-14-16(6-7-18(17)32-2)34(30,31)25-10-12-33-13-11-25/h6-7,14H,3-5,8-13,15H2,1-2H3,(H,23,27). The molecule has 3 fully saturated rings. The molecule has 1 saturated carbocycles. The molecule has 1 aliphatic carbocycles. The van der Waals surface area contributed by atoms with Gasteiger partial charge in [-0.05, 0) is 31.0 Å². The zero-order chi connectivity index (χ0) is 24.5. The van der Waals surface area contributed by atoms with Crippen LogP contribution in [0.5, 0.6) is 5.75 Å². The number of amides is 4. The molecule has 2 saturated heterocycles. The molecule has 1 N–H and O–H groups in total.